The lowest BCUT2D eigenvalue weighted by atomic mass is 9.99. The number of ether oxygens (including phenoxy) is 4. The molecule has 0 aliphatic rings. The Labute approximate surface area is 182 Å². The summed E-state index contributed by atoms with van der Waals surface area (Å²) in [5.74, 6) is -1.62. The first-order valence-corrected chi connectivity index (χ1v) is 10.2. The van der Waals surface area contributed by atoms with Crippen molar-refractivity contribution in [2.45, 2.75) is 33.8 Å². The van der Waals surface area contributed by atoms with Gasteiger partial charge in [0.1, 0.15) is 17.9 Å². The zero-order valence-electron chi connectivity index (χ0n) is 18.1. The van der Waals surface area contributed by atoms with Crippen molar-refractivity contribution in [2.75, 3.05) is 19.8 Å². The van der Waals surface area contributed by atoms with E-state index < -0.39 is 17.9 Å². The molecule has 0 saturated carbocycles. The summed E-state index contributed by atoms with van der Waals surface area (Å²) in [4.78, 5) is 36.3. The molecule has 166 valence electrons. The van der Waals surface area contributed by atoms with Crippen molar-refractivity contribution in [3.63, 3.8) is 0 Å². The molecule has 1 unspecified atom stereocenters. The second-order valence-corrected chi connectivity index (χ2v) is 6.84. The van der Waals surface area contributed by atoms with Crippen LogP contribution in [0.5, 0.6) is 5.75 Å². The van der Waals surface area contributed by atoms with Crippen LogP contribution in [0, 0.1) is 5.92 Å². The third-order valence-electron chi connectivity index (χ3n) is 4.36. The van der Waals surface area contributed by atoms with Crippen molar-refractivity contribution >= 4 is 17.9 Å². The van der Waals surface area contributed by atoms with Crippen molar-refractivity contribution in [3.8, 4) is 5.75 Å². The van der Waals surface area contributed by atoms with Gasteiger partial charge >= 0.3 is 17.9 Å². The fourth-order valence-electron chi connectivity index (χ4n) is 2.85. The van der Waals surface area contributed by atoms with Gasteiger partial charge in [-0.05, 0) is 43.5 Å². The third kappa shape index (κ3) is 7.77. The molecule has 1 atom stereocenters. The topological polar surface area (TPSA) is 88.1 Å². The third-order valence-corrected chi connectivity index (χ3v) is 4.36. The Balaban J connectivity index is 2.05. The van der Waals surface area contributed by atoms with Gasteiger partial charge in [-0.15, -0.1) is 0 Å². The Bertz CT molecular complexity index is 877. The first kappa shape index (κ1) is 23.9. The van der Waals surface area contributed by atoms with Gasteiger partial charge in [0, 0.05) is 0 Å². The van der Waals surface area contributed by atoms with E-state index in [2.05, 4.69) is 0 Å². The second kappa shape index (κ2) is 12.4. The maximum absolute atomic E-state index is 12.4. The molecule has 0 saturated heterocycles. The standard InChI is InChI=1S/C24H28O7/c1-4-28-22(25)16-30-21-12-11-19(14-20(21)24(27)29-5-2)13-17(3)23(26)31-15-18-9-7-6-8-10-18/h6-12,14,17H,4-5,13,15-16H2,1-3H3. The molecule has 2 aromatic carbocycles. The molecule has 2 rings (SSSR count). The average molecular weight is 428 g/mol. The van der Waals surface area contributed by atoms with Gasteiger partial charge in [-0.1, -0.05) is 43.3 Å². The average Bonchev–Trinajstić information content (AvgIpc) is 2.77. The fourth-order valence-corrected chi connectivity index (χ4v) is 2.85. The highest BCUT2D eigenvalue weighted by Gasteiger charge is 2.20. The highest BCUT2D eigenvalue weighted by atomic mass is 16.6. The van der Waals surface area contributed by atoms with Crippen LogP contribution >= 0.6 is 0 Å². The Morgan fingerprint density at radius 1 is 0.871 bits per heavy atom. The van der Waals surface area contributed by atoms with Crippen LogP contribution < -0.4 is 4.74 Å². The van der Waals surface area contributed by atoms with E-state index >= 15 is 0 Å². The van der Waals surface area contributed by atoms with Gasteiger partial charge in [-0.25, -0.2) is 9.59 Å². The van der Waals surface area contributed by atoms with E-state index in [9.17, 15) is 14.4 Å². The molecule has 0 fully saturated rings. The molecule has 0 aliphatic heterocycles. The van der Waals surface area contributed by atoms with Gasteiger partial charge in [0.05, 0.1) is 19.1 Å². The highest BCUT2D eigenvalue weighted by molar-refractivity contribution is 5.93. The highest BCUT2D eigenvalue weighted by Crippen LogP contribution is 2.23. The summed E-state index contributed by atoms with van der Waals surface area (Å²) >= 11 is 0. The predicted octanol–water partition coefficient (Wildman–Crippen LogP) is 3.73. The Morgan fingerprint density at radius 2 is 1.58 bits per heavy atom. The molecule has 0 aliphatic carbocycles. The molecule has 0 N–H and O–H groups in total. The van der Waals surface area contributed by atoms with Gasteiger partial charge in [-0.2, -0.15) is 0 Å². The Kier molecular flexibility index (Phi) is 9.55. The molecule has 0 radical (unpaired) electrons. The Hall–Kier alpha value is -3.35. The van der Waals surface area contributed by atoms with Gasteiger partial charge in [0.25, 0.3) is 0 Å². The maximum atomic E-state index is 12.4. The van der Waals surface area contributed by atoms with Crippen molar-refractivity contribution in [1.29, 1.82) is 0 Å². The summed E-state index contributed by atoms with van der Waals surface area (Å²) in [7, 11) is 0. The molecule has 0 amide bonds. The smallest absolute Gasteiger partial charge is 0.344 e. The second-order valence-electron chi connectivity index (χ2n) is 6.84. The van der Waals surface area contributed by atoms with Crippen LogP contribution in [0.2, 0.25) is 0 Å². The van der Waals surface area contributed by atoms with Crippen LogP contribution in [0.1, 0.15) is 42.3 Å². The number of carbonyl (C=O) groups is 3. The van der Waals surface area contributed by atoms with Gasteiger partial charge in [0.2, 0.25) is 0 Å². The van der Waals surface area contributed by atoms with E-state index in [1.165, 1.54) is 0 Å². The van der Waals surface area contributed by atoms with E-state index in [1.807, 2.05) is 30.3 Å². The summed E-state index contributed by atoms with van der Waals surface area (Å²) in [6, 6.07) is 14.4. The largest absolute Gasteiger partial charge is 0.481 e. The number of carbonyl (C=O) groups excluding carboxylic acids is 3. The predicted molar refractivity (Wildman–Crippen MR) is 114 cm³/mol. The Morgan fingerprint density at radius 3 is 2.26 bits per heavy atom. The zero-order chi connectivity index (χ0) is 22.6. The molecule has 0 aromatic heterocycles. The summed E-state index contributed by atoms with van der Waals surface area (Å²) in [5, 5.41) is 0. The van der Waals surface area contributed by atoms with Crippen LogP contribution in [0.25, 0.3) is 0 Å². The van der Waals surface area contributed by atoms with E-state index in [-0.39, 0.29) is 43.7 Å². The van der Waals surface area contributed by atoms with Crippen molar-refractivity contribution < 1.29 is 33.3 Å². The van der Waals surface area contributed by atoms with E-state index in [4.69, 9.17) is 18.9 Å². The fraction of sp³-hybridized carbons (Fsp3) is 0.375. The summed E-state index contributed by atoms with van der Waals surface area (Å²) in [5.41, 5.74) is 1.85. The summed E-state index contributed by atoms with van der Waals surface area (Å²) < 4.78 is 20.8. The quantitative estimate of drug-likeness (QED) is 0.398. The van der Waals surface area contributed by atoms with Gasteiger partial charge in [0.15, 0.2) is 6.61 Å². The van der Waals surface area contributed by atoms with Crippen LogP contribution in [0.4, 0.5) is 0 Å². The number of esters is 3. The number of benzene rings is 2. The minimum Gasteiger partial charge on any atom is -0.481 e. The monoisotopic (exact) mass is 428 g/mol. The van der Waals surface area contributed by atoms with Gasteiger partial charge < -0.3 is 18.9 Å². The van der Waals surface area contributed by atoms with Gasteiger partial charge in [-0.3, -0.25) is 4.79 Å². The maximum Gasteiger partial charge on any atom is 0.344 e. The molecule has 0 spiro atoms. The lowest BCUT2D eigenvalue weighted by Gasteiger charge is -2.15. The first-order chi connectivity index (χ1) is 14.9. The molecule has 31 heavy (non-hydrogen) atoms. The number of hydrogen-bond donors (Lipinski definition) is 0. The summed E-state index contributed by atoms with van der Waals surface area (Å²) in [6.45, 7) is 5.49. The van der Waals surface area contributed by atoms with Crippen molar-refractivity contribution in [1.82, 2.24) is 0 Å². The lowest BCUT2D eigenvalue weighted by Crippen LogP contribution is -2.18. The summed E-state index contributed by atoms with van der Waals surface area (Å²) in [6.07, 6.45) is 0.373. The number of hydrogen-bond acceptors (Lipinski definition) is 7. The van der Waals surface area contributed by atoms with Crippen molar-refractivity contribution in [3.05, 3.63) is 65.2 Å². The molecule has 0 bridgehead atoms. The minimum absolute atomic E-state index is 0.188. The van der Waals surface area contributed by atoms with E-state index in [0.29, 0.717) is 6.42 Å². The van der Waals surface area contributed by atoms with Crippen LogP contribution in [0.3, 0.4) is 0 Å². The van der Waals surface area contributed by atoms with Crippen molar-refractivity contribution in [2.24, 2.45) is 5.92 Å². The number of rotatable bonds is 11. The SMILES string of the molecule is CCOC(=O)COc1ccc(CC(C)C(=O)OCc2ccccc2)cc1C(=O)OCC. The molecule has 2 aromatic rings. The molecule has 0 heterocycles. The normalized spacial score (nSPS) is 11.3. The van der Waals surface area contributed by atoms with E-state index in [1.54, 1.807) is 39.0 Å². The lowest BCUT2D eigenvalue weighted by molar-refractivity contribution is -0.149. The molecular weight excluding hydrogens is 400 g/mol. The van der Waals surface area contributed by atoms with Crippen LogP contribution in [-0.2, 0) is 36.8 Å². The van der Waals surface area contributed by atoms with E-state index in [0.717, 1.165) is 11.1 Å². The molecule has 7 nitrogen and oxygen atoms in total. The minimum atomic E-state index is -0.567. The van der Waals surface area contributed by atoms with Crippen LogP contribution in [-0.4, -0.2) is 37.7 Å². The zero-order valence-corrected chi connectivity index (χ0v) is 18.1. The molecular formula is C24H28O7. The first-order valence-electron chi connectivity index (χ1n) is 10.2. The molecule has 7 heteroatoms. The van der Waals surface area contributed by atoms with Crippen LogP contribution in [0.15, 0.2) is 48.5 Å².